The number of carbonyl (C=O) groups excluding carboxylic acids is 2. The van der Waals surface area contributed by atoms with Crippen LogP contribution in [0.15, 0.2) is 24.3 Å². The SMILES string of the molecule is COc1ccccc1NC(=O)N[C@H]1C(F)C(F)(C(=O)O)O[C@@H]([C@H](O)[C@H](O)CO)[C@@H]1NC(C)=O. The number of aliphatic hydroxyl groups excluding tert-OH is 3. The van der Waals surface area contributed by atoms with Crippen molar-refractivity contribution >= 4 is 23.6 Å². The van der Waals surface area contributed by atoms with Gasteiger partial charge < -0.3 is 45.9 Å². The van der Waals surface area contributed by atoms with E-state index in [0.717, 1.165) is 6.92 Å². The minimum Gasteiger partial charge on any atom is -0.495 e. The maximum Gasteiger partial charge on any atom is 0.372 e. The Balaban J connectivity index is 2.43. The lowest BCUT2D eigenvalue weighted by Gasteiger charge is -2.47. The number of carbonyl (C=O) groups is 3. The van der Waals surface area contributed by atoms with Crippen LogP contribution < -0.4 is 20.7 Å². The van der Waals surface area contributed by atoms with Crippen molar-refractivity contribution in [2.75, 3.05) is 19.0 Å². The second kappa shape index (κ2) is 10.7. The summed E-state index contributed by atoms with van der Waals surface area (Å²) in [5, 5.41) is 44.9. The first-order valence-electron chi connectivity index (χ1n) is 9.65. The molecule has 7 N–H and O–H groups in total. The third kappa shape index (κ3) is 5.65. The highest BCUT2D eigenvalue weighted by Crippen LogP contribution is 2.36. The predicted molar refractivity (Wildman–Crippen MR) is 107 cm³/mol. The van der Waals surface area contributed by atoms with Crippen LogP contribution in [0.3, 0.4) is 0 Å². The zero-order chi connectivity index (χ0) is 24.9. The summed E-state index contributed by atoms with van der Waals surface area (Å²) in [6.07, 6.45) is -9.29. The van der Waals surface area contributed by atoms with Crippen LogP contribution in [0.4, 0.5) is 19.3 Å². The molecule has 33 heavy (non-hydrogen) atoms. The lowest BCUT2D eigenvalue weighted by molar-refractivity contribution is -0.277. The lowest BCUT2D eigenvalue weighted by Crippen LogP contribution is -2.74. The fraction of sp³-hybridized carbons (Fsp3) is 0.526. The number of aliphatic hydroxyl groups is 3. The van der Waals surface area contributed by atoms with Crippen molar-refractivity contribution in [3.8, 4) is 5.75 Å². The van der Waals surface area contributed by atoms with Gasteiger partial charge in [0.25, 0.3) is 0 Å². The molecule has 0 aliphatic carbocycles. The molecule has 1 aliphatic heterocycles. The fourth-order valence-corrected chi connectivity index (χ4v) is 3.36. The molecular formula is C19H25F2N3O9. The van der Waals surface area contributed by atoms with E-state index in [0.29, 0.717) is 0 Å². The van der Waals surface area contributed by atoms with Crippen LogP contribution in [-0.4, -0.2) is 94.5 Å². The standard InChI is InChI=1S/C19H25F2N3O9/c1-8(26)22-12-13(24-18(31)23-9-5-3-4-6-11(9)32-2)16(20)19(21,17(29)30)33-15(12)14(28)10(27)7-25/h3-6,10,12-16,25,27-28H,7H2,1-2H3,(H,22,26)(H,29,30)(H2,23,24,31)/t10-,12-,13-,14-,15-,16?,19?/m1/s1. The number of ether oxygens (including phenoxy) is 2. The second-order valence-electron chi connectivity index (χ2n) is 7.23. The van der Waals surface area contributed by atoms with Gasteiger partial charge in [0, 0.05) is 6.92 Å². The van der Waals surface area contributed by atoms with Crippen molar-refractivity contribution in [3.05, 3.63) is 24.3 Å². The Hall–Kier alpha value is -3.07. The van der Waals surface area contributed by atoms with E-state index >= 15 is 8.78 Å². The van der Waals surface area contributed by atoms with E-state index in [1.54, 1.807) is 12.1 Å². The van der Waals surface area contributed by atoms with Gasteiger partial charge in [-0.2, -0.15) is 4.39 Å². The topological polar surface area (TPSA) is 187 Å². The maximum absolute atomic E-state index is 15.1. The Kier molecular flexibility index (Phi) is 8.49. The molecule has 2 unspecified atom stereocenters. The maximum atomic E-state index is 15.1. The van der Waals surface area contributed by atoms with E-state index < -0.39 is 66.9 Å². The van der Waals surface area contributed by atoms with E-state index in [1.807, 2.05) is 5.32 Å². The Morgan fingerprint density at radius 1 is 1.21 bits per heavy atom. The van der Waals surface area contributed by atoms with Crippen LogP contribution in [-0.2, 0) is 14.3 Å². The van der Waals surface area contributed by atoms with Crippen molar-refractivity contribution in [1.29, 1.82) is 0 Å². The third-order valence-electron chi connectivity index (χ3n) is 4.95. The second-order valence-corrected chi connectivity index (χ2v) is 7.23. The van der Waals surface area contributed by atoms with E-state index in [-0.39, 0.29) is 11.4 Å². The number of urea groups is 1. The molecule has 0 spiro atoms. The molecule has 2 rings (SSSR count). The number of halogens is 2. The number of carboxylic acids is 1. The highest BCUT2D eigenvalue weighted by molar-refractivity contribution is 5.91. The summed E-state index contributed by atoms with van der Waals surface area (Å²) in [5.74, 6) is -7.09. The summed E-state index contributed by atoms with van der Waals surface area (Å²) >= 11 is 0. The van der Waals surface area contributed by atoms with Gasteiger partial charge in [0.15, 0.2) is 6.17 Å². The van der Waals surface area contributed by atoms with E-state index in [1.165, 1.54) is 19.2 Å². The number of amides is 3. The van der Waals surface area contributed by atoms with Gasteiger partial charge in [0.1, 0.15) is 24.1 Å². The lowest BCUT2D eigenvalue weighted by atomic mass is 9.86. The number of nitrogens with one attached hydrogen (secondary N) is 3. The van der Waals surface area contributed by atoms with E-state index in [2.05, 4.69) is 15.4 Å². The monoisotopic (exact) mass is 477 g/mol. The van der Waals surface area contributed by atoms with Crippen LogP contribution in [0, 0.1) is 0 Å². The zero-order valence-corrected chi connectivity index (χ0v) is 17.6. The average molecular weight is 477 g/mol. The Labute approximate surface area is 186 Å². The highest BCUT2D eigenvalue weighted by Gasteiger charge is 2.63. The van der Waals surface area contributed by atoms with Gasteiger partial charge >= 0.3 is 17.9 Å². The number of aliphatic carboxylic acids is 1. The van der Waals surface area contributed by atoms with Crippen molar-refractivity contribution in [2.45, 2.75) is 49.3 Å². The van der Waals surface area contributed by atoms with Crippen LogP contribution in [0.2, 0.25) is 0 Å². The van der Waals surface area contributed by atoms with Crippen molar-refractivity contribution in [2.24, 2.45) is 0 Å². The number of methoxy groups -OCH3 is 1. The fourth-order valence-electron chi connectivity index (χ4n) is 3.36. The first-order chi connectivity index (χ1) is 15.5. The largest absolute Gasteiger partial charge is 0.495 e. The summed E-state index contributed by atoms with van der Waals surface area (Å²) in [5.41, 5.74) is 0.132. The molecule has 1 aliphatic rings. The molecule has 14 heteroatoms. The number of hydrogen-bond acceptors (Lipinski definition) is 8. The van der Waals surface area contributed by atoms with Gasteiger partial charge in [-0.05, 0) is 12.1 Å². The number of benzene rings is 1. The summed E-state index contributed by atoms with van der Waals surface area (Å²) < 4.78 is 39.9. The molecule has 1 saturated heterocycles. The number of hydrogen-bond donors (Lipinski definition) is 7. The minimum absolute atomic E-state index is 0.132. The number of anilines is 1. The first kappa shape index (κ1) is 26.2. The minimum atomic E-state index is -4.07. The summed E-state index contributed by atoms with van der Waals surface area (Å²) in [6.45, 7) is -0.0643. The quantitative estimate of drug-likeness (QED) is 0.244. The number of carboxylic acid groups (broad SMARTS) is 1. The summed E-state index contributed by atoms with van der Waals surface area (Å²) in [7, 11) is 1.32. The van der Waals surface area contributed by atoms with Crippen LogP contribution in [0.25, 0.3) is 0 Å². The predicted octanol–water partition coefficient (Wildman–Crippen LogP) is -1.11. The molecule has 12 nitrogen and oxygen atoms in total. The van der Waals surface area contributed by atoms with Crippen molar-refractivity contribution < 1.29 is 53.1 Å². The van der Waals surface area contributed by atoms with Gasteiger partial charge in [0.2, 0.25) is 5.91 Å². The van der Waals surface area contributed by atoms with Crippen LogP contribution >= 0.6 is 0 Å². The number of para-hydroxylation sites is 2. The van der Waals surface area contributed by atoms with Gasteiger partial charge in [0.05, 0.1) is 31.5 Å². The molecule has 0 aromatic heterocycles. The molecular weight excluding hydrogens is 452 g/mol. The molecule has 1 aromatic carbocycles. The van der Waals surface area contributed by atoms with Gasteiger partial charge in [-0.25, -0.2) is 14.0 Å². The molecule has 1 heterocycles. The van der Waals surface area contributed by atoms with Gasteiger partial charge in [-0.3, -0.25) is 4.79 Å². The normalized spacial score (nSPS) is 28.8. The Bertz CT molecular complexity index is 877. The Morgan fingerprint density at radius 3 is 2.39 bits per heavy atom. The zero-order valence-electron chi connectivity index (χ0n) is 17.6. The Morgan fingerprint density at radius 2 is 1.85 bits per heavy atom. The average Bonchev–Trinajstić information content (AvgIpc) is 2.77. The molecule has 184 valence electrons. The molecule has 7 atom stereocenters. The van der Waals surface area contributed by atoms with E-state index in [4.69, 9.17) is 9.84 Å². The smallest absolute Gasteiger partial charge is 0.372 e. The van der Waals surface area contributed by atoms with Gasteiger partial charge in [-0.1, -0.05) is 12.1 Å². The first-order valence-corrected chi connectivity index (χ1v) is 9.65. The number of alkyl halides is 2. The molecule has 0 radical (unpaired) electrons. The molecule has 0 saturated carbocycles. The van der Waals surface area contributed by atoms with Crippen LogP contribution in [0.1, 0.15) is 6.92 Å². The molecule has 3 amide bonds. The molecule has 1 fully saturated rings. The molecule has 0 bridgehead atoms. The van der Waals surface area contributed by atoms with Crippen LogP contribution in [0.5, 0.6) is 5.75 Å². The number of rotatable bonds is 8. The van der Waals surface area contributed by atoms with Crippen molar-refractivity contribution in [1.82, 2.24) is 10.6 Å². The highest BCUT2D eigenvalue weighted by atomic mass is 19.2. The third-order valence-corrected chi connectivity index (χ3v) is 4.95. The van der Waals surface area contributed by atoms with Crippen molar-refractivity contribution in [3.63, 3.8) is 0 Å². The summed E-state index contributed by atoms with van der Waals surface area (Å²) in [6, 6.07) is 1.11. The molecule has 1 aromatic rings. The van der Waals surface area contributed by atoms with E-state index in [9.17, 15) is 29.7 Å². The van der Waals surface area contributed by atoms with Gasteiger partial charge in [-0.15, -0.1) is 0 Å². The summed E-state index contributed by atoms with van der Waals surface area (Å²) in [4.78, 5) is 35.7.